The van der Waals surface area contributed by atoms with Crippen LogP contribution in [0.1, 0.15) is 12.5 Å². The van der Waals surface area contributed by atoms with Crippen LogP contribution in [0.5, 0.6) is 11.5 Å². The Hall–Kier alpha value is -3.07. The van der Waals surface area contributed by atoms with E-state index in [9.17, 15) is 0 Å². The summed E-state index contributed by atoms with van der Waals surface area (Å²) in [5.41, 5.74) is 2.63. The molecule has 0 radical (unpaired) electrons. The Labute approximate surface area is 163 Å². The van der Waals surface area contributed by atoms with Gasteiger partial charge in [-0.2, -0.15) is 10.2 Å². The first-order valence-corrected chi connectivity index (χ1v) is 8.86. The fourth-order valence-corrected chi connectivity index (χ4v) is 2.78. The minimum Gasteiger partial charge on any atom is -0.497 e. The molecule has 142 valence electrons. The molecule has 0 bridgehead atoms. The van der Waals surface area contributed by atoms with Crippen molar-refractivity contribution in [3.8, 4) is 11.5 Å². The van der Waals surface area contributed by atoms with Crippen molar-refractivity contribution in [3.63, 3.8) is 0 Å². The van der Waals surface area contributed by atoms with Gasteiger partial charge in [-0.25, -0.2) is 0 Å². The molecule has 0 atom stereocenters. The van der Waals surface area contributed by atoms with Crippen LogP contribution in [0.2, 0.25) is 0 Å². The Balaban J connectivity index is 1.61. The van der Waals surface area contributed by atoms with E-state index in [1.54, 1.807) is 26.5 Å². The van der Waals surface area contributed by atoms with E-state index in [1.165, 1.54) is 0 Å². The van der Waals surface area contributed by atoms with E-state index in [-0.39, 0.29) is 0 Å². The molecule has 27 heavy (non-hydrogen) atoms. The third-order valence-corrected chi connectivity index (χ3v) is 4.11. The lowest BCUT2D eigenvalue weighted by atomic mass is 10.2. The number of anilines is 2. The summed E-state index contributed by atoms with van der Waals surface area (Å²) in [6, 6.07) is 5.47. The lowest BCUT2D eigenvalue weighted by molar-refractivity contribution is 0.395. The van der Waals surface area contributed by atoms with Crippen molar-refractivity contribution in [2.45, 2.75) is 20.0 Å². The van der Waals surface area contributed by atoms with E-state index in [0.29, 0.717) is 23.2 Å². The van der Waals surface area contributed by atoms with Gasteiger partial charge in [-0.3, -0.25) is 9.36 Å². The highest BCUT2D eigenvalue weighted by atomic mass is 32.1. The van der Waals surface area contributed by atoms with Crippen LogP contribution in [0.4, 0.5) is 11.4 Å². The van der Waals surface area contributed by atoms with Gasteiger partial charge in [0.1, 0.15) is 11.5 Å². The highest BCUT2D eigenvalue weighted by Crippen LogP contribution is 2.29. The number of nitrogens with zero attached hydrogens (tertiary/aromatic N) is 4. The summed E-state index contributed by atoms with van der Waals surface area (Å²) in [4.78, 5) is 0. The van der Waals surface area contributed by atoms with Gasteiger partial charge in [0.05, 0.1) is 44.5 Å². The van der Waals surface area contributed by atoms with E-state index in [0.717, 1.165) is 23.5 Å². The largest absolute Gasteiger partial charge is 0.497 e. The van der Waals surface area contributed by atoms with Crippen LogP contribution in [0, 0.1) is 0 Å². The Kier molecular flexibility index (Phi) is 5.92. The zero-order valence-electron chi connectivity index (χ0n) is 15.5. The van der Waals surface area contributed by atoms with Crippen LogP contribution in [-0.2, 0) is 13.1 Å². The zero-order valence-corrected chi connectivity index (χ0v) is 16.3. The molecule has 0 aliphatic rings. The van der Waals surface area contributed by atoms with Crippen LogP contribution in [-0.4, -0.2) is 38.9 Å². The van der Waals surface area contributed by atoms with Crippen molar-refractivity contribution >= 4 is 28.7 Å². The predicted octanol–water partition coefficient (Wildman–Crippen LogP) is 2.97. The van der Waals surface area contributed by atoms with Gasteiger partial charge < -0.3 is 20.1 Å². The molecule has 0 aliphatic heterocycles. The van der Waals surface area contributed by atoms with E-state index >= 15 is 0 Å². The molecule has 3 rings (SSSR count). The second-order valence-electron chi connectivity index (χ2n) is 5.78. The molecule has 0 amide bonds. The summed E-state index contributed by atoms with van der Waals surface area (Å²) < 4.78 is 14.3. The molecule has 0 saturated carbocycles. The molecule has 2 N–H and O–H groups in total. The highest BCUT2D eigenvalue weighted by Gasteiger charge is 2.08. The van der Waals surface area contributed by atoms with Gasteiger partial charge in [0.2, 0.25) is 0 Å². The maximum absolute atomic E-state index is 5.39. The normalized spacial score (nSPS) is 10.5. The van der Waals surface area contributed by atoms with Gasteiger partial charge >= 0.3 is 0 Å². The Bertz CT molecular complexity index is 920. The van der Waals surface area contributed by atoms with E-state index < -0.39 is 0 Å². The van der Waals surface area contributed by atoms with Gasteiger partial charge in [0, 0.05) is 30.6 Å². The molecule has 3 aromatic rings. The molecule has 0 aliphatic carbocycles. The van der Waals surface area contributed by atoms with Crippen LogP contribution in [0.15, 0.2) is 43.0 Å². The van der Waals surface area contributed by atoms with Crippen molar-refractivity contribution in [1.29, 1.82) is 0 Å². The van der Waals surface area contributed by atoms with E-state index in [2.05, 4.69) is 27.8 Å². The van der Waals surface area contributed by atoms with Crippen LogP contribution in [0.3, 0.4) is 0 Å². The fraction of sp³-hybridized carbons (Fsp3) is 0.278. The molecule has 0 saturated heterocycles. The number of aromatic nitrogens is 4. The second-order valence-corrected chi connectivity index (χ2v) is 6.18. The first-order valence-electron chi connectivity index (χ1n) is 8.45. The van der Waals surface area contributed by atoms with Gasteiger partial charge in [0.15, 0.2) is 5.11 Å². The maximum Gasteiger partial charge on any atom is 0.175 e. The summed E-state index contributed by atoms with van der Waals surface area (Å²) in [6.45, 7) is 3.55. The number of rotatable bonds is 7. The minimum absolute atomic E-state index is 0.441. The Morgan fingerprint density at radius 3 is 2.59 bits per heavy atom. The number of ether oxygens (including phenoxy) is 2. The van der Waals surface area contributed by atoms with Crippen molar-refractivity contribution in [2.75, 3.05) is 24.9 Å². The molecule has 1 aromatic carbocycles. The number of thiocarbonyl (C=S) groups is 1. The van der Waals surface area contributed by atoms with Gasteiger partial charge in [0.25, 0.3) is 0 Å². The Morgan fingerprint density at radius 2 is 1.89 bits per heavy atom. The molecular weight excluding hydrogens is 364 g/mol. The molecule has 0 spiro atoms. The minimum atomic E-state index is 0.441. The summed E-state index contributed by atoms with van der Waals surface area (Å²) in [5, 5.41) is 15.3. The first kappa shape index (κ1) is 18.7. The van der Waals surface area contributed by atoms with Crippen LogP contribution >= 0.6 is 12.2 Å². The van der Waals surface area contributed by atoms with Crippen molar-refractivity contribution < 1.29 is 9.47 Å². The topological polar surface area (TPSA) is 78.2 Å². The number of benzene rings is 1. The SMILES string of the molecule is CCn1cc(Cn2cc(NC(=S)Nc3ccc(OC)cc3OC)cn2)cn1. The van der Waals surface area contributed by atoms with E-state index in [1.807, 2.05) is 40.1 Å². The van der Waals surface area contributed by atoms with Crippen LogP contribution < -0.4 is 20.1 Å². The van der Waals surface area contributed by atoms with E-state index in [4.69, 9.17) is 21.7 Å². The van der Waals surface area contributed by atoms with Crippen molar-refractivity contribution in [1.82, 2.24) is 19.6 Å². The average molecular weight is 386 g/mol. The summed E-state index contributed by atoms with van der Waals surface area (Å²) in [7, 11) is 3.21. The molecule has 2 aromatic heterocycles. The van der Waals surface area contributed by atoms with Gasteiger partial charge in [-0.15, -0.1) is 0 Å². The molecule has 0 unspecified atom stereocenters. The fourth-order valence-electron chi connectivity index (χ4n) is 2.55. The third-order valence-electron chi connectivity index (χ3n) is 3.90. The third kappa shape index (κ3) is 4.76. The number of methoxy groups -OCH3 is 2. The zero-order chi connectivity index (χ0) is 19.2. The summed E-state index contributed by atoms with van der Waals surface area (Å²) in [5.74, 6) is 1.35. The second kappa shape index (κ2) is 8.54. The number of nitrogens with one attached hydrogen (secondary N) is 2. The molecule has 0 fully saturated rings. The first-order chi connectivity index (χ1) is 13.1. The smallest absolute Gasteiger partial charge is 0.175 e. The Morgan fingerprint density at radius 1 is 1.07 bits per heavy atom. The number of aryl methyl sites for hydroxylation is 1. The standard InChI is InChI=1S/C18H22N6O2S/c1-4-23-10-13(8-19-23)11-24-12-14(9-20-24)21-18(27)22-16-6-5-15(25-2)7-17(16)26-3/h5-10,12H,4,11H2,1-3H3,(H2,21,22,27). The lowest BCUT2D eigenvalue weighted by Gasteiger charge is -2.13. The van der Waals surface area contributed by atoms with Crippen molar-refractivity contribution in [2.24, 2.45) is 0 Å². The average Bonchev–Trinajstić information content (AvgIpc) is 3.31. The van der Waals surface area contributed by atoms with Gasteiger partial charge in [-0.05, 0) is 31.3 Å². The monoisotopic (exact) mass is 386 g/mol. The van der Waals surface area contributed by atoms with Crippen molar-refractivity contribution in [3.05, 3.63) is 48.5 Å². The van der Waals surface area contributed by atoms with Crippen LogP contribution in [0.25, 0.3) is 0 Å². The summed E-state index contributed by atoms with van der Waals surface area (Å²) >= 11 is 5.39. The predicted molar refractivity (Wildman–Crippen MR) is 109 cm³/mol. The molecule has 8 nitrogen and oxygen atoms in total. The number of hydrogen-bond donors (Lipinski definition) is 2. The molecule has 2 heterocycles. The highest BCUT2D eigenvalue weighted by molar-refractivity contribution is 7.80. The lowest BCUT2D eigenvalue weighted by Crippen LogP contribution is -2.19. The van der Waals surface area contributed by atoms with Gasteiger partial charge in [-0.1, -0.05) is 0 Å². The molecule has 9 heteroatoms. The maximum atomic E-state index is 5.39. The molecular formula is C18H22N6O2S. The quantitative estimate of drug-likeness (QED) is 0.605. The summed E-state index contributed by atoms with van der Waals surface area (Å²) in [6.07, 6.45) is 7.48. The number of hydrogen-bond acceptors (Lipinski definition) is 5.